The summed E-state index contributed by atoms with van der Waals surface area (Å²) in [4.78, 5) is 16.2. The molecule has 21 heavy (non-hydrogen) atoms. The molecule has 0 spiro atoms. The van der Waals surface area contributed by atoms with Crippen LogP contribution in [-0.2, 0) is 18.3 Å². The Balaban J connectivity index is 1.47. The fraction of sp³-hybridized carbons (Fsp3) is 0.375. The monoisotopic (exact) mass is 303 g/mol. The van der Waals surface area contributed by atoms with E-state index in [0.717, 1.165) is 29.1 Å². The maximum atomic E-state index is 12.1. The van der Waals surface area contributed by atoms with Crippen molar-refractivity contribution in [1.82, 2.24) is 14.9 Å². The number of aromatic nitrogens is 2. The first-order valence-corrected chi connectivity index (χ1v) is 7.51. The third-order valence-electron chi connectivity index (χ3n) is 3.96. The lowest BCUT2D eigenvalue weighted by Gasteiger charge is -2.06. The van der Waals surface area contributed by atoms with Gasteiger partial charge in [0.05, 0.1) is 6.33 Å². The van der Waals surface area contributed by atoms with Crippen LogP contribution >= 0.6 is 11.6 Å². The second kappa shape index (κ2) is 5.90. The zero-order chi connectivity index (χ0) is 14.8. The Morgan fingerprint density at radius 3 is 3.10 bits per heavy atom. The topological polar surface area (TPSA) is 46.9 Å². The van der Waals surface area contributed by atoms with Crippen LogP contribution in [0, 0.1) is 5.92 Å². The fourth-order valence-corrected chi connectivity index (χ4v) is 2.90. The number of hydrogen-bond acceptors (Lipinski definition) is 2. The van der Waals surface area contributed by atoms with Gasteiger partial charge in [0, 0.05) is 42.3 Å². The van der Waals surface area contributed by atoms with Crippen LogP contribution in [0.2, 0.25) is 5.02 Å². The predicted octanol–water partition coefficient (Wildman–Crippen LogP) is 2.54. The highest BCUT2D eigenvalue weighted by Crippen LogP contribution is 2.47. The van der Waals surface area contributed by atoms with Crippen molar-refractivity contribution >= 4 is 17.5 Å². The molecule has 110 valence electrons. The number of nitrogens with one attached hydrogen (secondary N) is 1. The molecule has 1 saturated carbocycles. The molecule has 0 bridgehead atoms. The van der Waals surface area contributed by atoms with Crippen LogP contribution in [0.1, 0.15) is 23.6 Å². The molecule has 1 aromatic carbocycles. The number of carbonyl (C=O) groups is 1. The molecular formula is C16H18ClN3O. The van der Waals surface area contributed by atoms with Crippen LogP contribution in [0.3, 0.4) is 0 Å². The molecule has 1 amide bonds. The van der Waals surface area contributed by atoms with Gasteiger partial charge in [-0.2, -0.15) is 0 Å². The zero-order valence-corrected chi connectivity index (χ0v) is 12.7. The molecule has 4 nitrogen and oxygen atoms in total. The predicted molar refractivity (Wildman–Crippen MR) is 82.2 cm³/mol. The average Bonchev–Trinajstić information content (AvgIpc) is 3.14. The molecular weight excluding hydrogens is 286 g/mol. The van der Waals surface area contributed by atoms with Gasteiger partial charge in [0.1, 0.15) is 0 Å². The molecule has 0 unspecified atom stereocenters. The second-order valence-corrected chi connectivity index (χ2v) is 5.99. The third kappa shape index (κ3) is 3.27. The van der Waals surface area contributed by atoms with E-state index < -0.39 is 0 Å². The first-order chi connectivity index (χ1) is 10.1. The van der Waals surface area contributed by atoms with Gasteiger partial charge in [-0.25, -0.2) is 4.98 Å². The van der Waals surface area contributed by atoms with Crippen molar-refractivity contribution in [3.63, 3.8) is 0 Å². The van der Waals surface area contributed by atoms with Crippen molar-refractivity contribution in [3.8, 4) is 0 Å². The highest BCUT2D eigenvalue weighted by molar-refractivity contribution is 6.30. The van der Waals surface area contributed by atoms with Gasteiger partial charge in [-0.3, -0.25) is 4.79 Å². The minimum absolute atomic E-state index is 0.0970. The van der Waals surface area contributed by atoms with Gasteiger partial charge in [-0.15, -0.1) is 0 Å². The largest absolute Gasteiger partial charge is 0.356 e. The number of nitrogens with zero attached hydrogens (tertiary/aromatic N) is 2. The van der Waals surface area contributed by atoms with E-state index in [1.165, 1.54) is 0 Å². The van der Waals surface area contributed by atoms with Crippen LogP contribution in [0.15, 0.2) is 36.8 Å². The van der Waals surface area contributed by atoms with Crippen molar-refractivity contribution in [2.24, 2.45) is 13.0 Å². The molecule has 0 aliphatic heterocycles. The zero-order valence-electron chi connectivity index (χ0n) is 11.9. The summed E-state index contributed by atoms with van der Waals surface area (Å²) in [6, 6.07) is 7.74. The van der Waals surface area contributed by atoms with Crippen LogP contribution < -0.4 is 5.32 Å². The number of rotatable bonds is 5. The molecule has 1 heterocycles. The summed E-state index contributed by atoms with van der Waals surface area (Å²) in [5.41, 5.74) is 2.28. The number of imidazole rings is 1. The van der Waals surface area contributed by atoms with Crippen LogP contribution in [0.5, 0.6) is 0 Å². The molecule has 1 aromatic heterocycles. The van der Waals surface area contributed by atoms with Gasteiger partial charge < -0.3 is 9.88 Å². The Hall–Kier alpha value is -1.81. The van der Waals surface area contributed by atoms with Crippen LogP contribution in [0.25, 0.3) is 0 Å². The molecule has 1 N–H and O–H groups in total. The summed E-state index contributed by atoms with van der Waals surface area (Å²) in [6.07, 6.45) is 5.35. The van der Waals surface area contributed by atoms with E-state index in [1.54, 1.807) is 6.33 Å². The van der Waals surface area contributed by atoms with Gasteiger partial charge >= 0.3 is 0 Å². The van der Waals surface area contributed by atoms with Crippen molar-refractivity contribution in [2.45, 2.75) is 18.8 Å². The lowest BCUT2D eigenvalue weighted by atomic mass is 10.1. The van der Waals surface area contributed by atoms with E-state index in [2.05, 4.69) is 10.3 Å². The van der Waals surface area contributed by atoms with Gasteiger partial charge in [-0.1, -0.05) is 23.7 Å². The molecule has 1 aliphatic rings. The Morgan fingerprint density at radius 1 is 1.52 bits per heavy atom. The number of halogens is 1. The Bertz CT molecular complexity index is 652. The number of benzene rings is 1. The number of hydrogen-bond donors (Lipinski definition) is 1. The Kier molecular flexibility index (Phi) is 3.97. The molecule has 0 saturated heterocycles. The maximum Gasteiger partial charge on any atom is 0.223 e. The van der Waals surface area contributed by atoms with Gasteiger partial charge in [0.25, 0.3) is 0 Å². The van der Waals surface area contributed by atoms with E-state index in [4.69, 9.17) is 11.6 Å². The lowest BCUT2D eigenvalue weighted by Crippen LogP contribution is -2.27. The van der Waals surface area contributed by atoms with Gasteiger partial charge in [0.2, 0.25) is 5.91 Å². The van der Waals surface area contributed by atoms with E-state index in [0.29, 0.717) is 12.5 Å². The van der Waals surface area contributed by atoms with Crippen LogP contribution in [0.4, 0.5) is 0 Å². The highest BCUT2D eigenvalue weighted by atomic mass is 35.5. The standard InChI is InChI=1S/C16H18ClN3O/c1-20-10-18-9-15(20)13-8-14(13)16(21)19-6-5-11-3-2-4-12(17)7-11/h2-4,7,9-10,13-14H,5-6,8H2,1H3,(H,19,21)/t13-,14-/m1/s1. The van der Waals surface area contributed by atoms with E-state index in [-0.39, 0.29) is 11.8 Å². The third-order valence-corrected chi connectivity index (χ3v) is 4.20. The fourth-order valence-electron chi connectivity index (χ4n) is 2.69. The van der Waals surface area contributed by atoms with Crippen molar-refractivity contribution in [1.29, 1.82) is 0 Å². The molecule has 0 radical (unpaired) electrons. The lowest BCUT2D eigenvalue weighted by molar-refractivity contribution is -0.122. The number of aryl methyl sites for hydroxylation is 1. The molecule has 5 heteroatoms. The SMILES string of the molecule is Cn1cncc1[C@@H]1C[C@H]1C(=O)NCCc1cccc(Cl)c1. The minimum atomic E-state index is 0.0970. The minimum Gasteiger partial charge on any atom is -0.356 e. The Morgan fingerprint density at radius 2 is 2.38 bits per heavy atom. The normalized spacial score (nSPS) is 20.3. The second-order valence-electron chi connectivity index (χ2n) is 5.55. The molecule has 1 fully saturated rings. The van der Waals surface area contributed by atoms with E-state index in [9.17, 15) is 4.79 Å². The molecule has 2 aromatic rings. The molecule has 3 rings (SSSR count). The van der Waals surface area contributed by atoms with Gasteiger partial charge in [0.15, 0.2) is 0 Å². The summed E-state index contributed by atoms with van der Waals surface area (Å²) in [6.45, 7) is 0.647. The van der Waals surface area contributed by atoms with E-state index >= 15 is 0 Å². The van der Waals surface area contributed by atoms with Crippen LogP contribution in [-0.4, -0.2) is 22.0 Å². The summed E-state index contributed by atoms with van der Waals surface area (Å²) in [5, 5.41) is 3.75. The molecule has 2 atom stereocenters. The number of amides is 1. The first-order valence-electron chi connectivity index (χ1n) is 7.13. The number of carbonyl (C=O) groups excluding carboxylic acids is 1. The maximum absolute atomic E-state index is 12.1. The summed E-state index contributed by atoms with van der Waals surface area (Å²) < 4.78 is 1.99. The summed E-state index contributed by atoms with van der Waals surface area (Å²) in [5.74, 6) is 0.562. The summed E-state index contributed by atoms with van der Waals surface area (Å²) >= 11 is 5.94. The smallest absolute Gasteiger partial charge is 0.223 e. The highest BCUT2D eigenvalue weighted by Gasteiger charge is 2.45. The van der Waals surface area contributed by atoms with E-state index in [1.807, 2.05) is 42.1 Å². The Labute approximate surface area is 129 Å². The summed E-state index contributed by atoms with van der Waals surface area (Å²) in [7, 11) is 1.97. The van der Waals surface area contributed by atoms with Crippen molar-refractivity contribution in [3.05, 3.63) is 53.1 Å². The molecule has 1 aliphatic carbocycles. The van der Waals surface area contributed by atoms with Gasteiger partial charge in [-0.05, 0) is 30.5 Å². The quantitative estimate of drug-likeness (QED) is 0.922. The first kappa shape index (κ1) is 14.1. The average molecular weight is 304 g/mol. The van der Waals surface area contributed by atoms with Crippen molar-refractivity contribution < 1.29 is 4.79 Å². The van der Waals surface area contributed by atoms with Crippen molar-refractivity contribution in [2.75, 3.05) is 6.54 Å².